The van der Waals surface area contributed by atoms with Gasteiger partial charge >= 0.3 is 0 Å². The van der Waals surface area contributed by atoms with E-state index in [4.69, 9.17) is 4.74 Å². The van der Waals surface area contributed by atoms with Gasteiger partial charge in [0.15, 0.2) is 0 Å². The zero-order valence-corrected chi connectivity index (χ0v) is 15.4. The van der Waals surface area contributed by atoms with E-state index in [-0.39, 0.29) is 5.41 Å². The molecular weight excluding hydrogens is 312 g/mol. The fraction of sp³-hybridized carbons (Fsp3) is 0.647. The standard InChI is InChI=1S/C17H28N2O3S/c1-17(2,3)15-5-7-16(8-6-15)23(20,21)18(4)9-10-19-11-13-22-14-12-19/h5-8H,9-14H2,1-4H3. The lowest BCUT2D eigenvalue weighted by Crippen LogP contribution is -2.41. The van der Waals surface area contributed by atoms with E-state index in [2.05, 4.69) is 25.7 Å². The molecule has 1 aliphatic heterocycles. The average molecular weight is 340 g/mol. The van der Waals surface area contributed by atoms with Crippen LogP contribution in [0.2, 0.25) is 0 Å². The number of sulfonamides is 1. The monoisotopic (exact) mass is 340 g/mol. The van der Waals surface area contributed by atoms with Crippen LogP contribution >= 0.6 is 0 Å². The van der Waals surface area contributed by atoms with Crippen LogP contribution in [0.15, 0.2) is 29.2 Å². The first-order valence-electron chi connectivity index (χ1n) is 8.08. The van der Waals surface area contributed by atoms with Crippen LogP contribution in [0, 0.1) is 0 Å². The minimum Gasteiger partial charge on any atom is -0.379 e. The quantitative estimate of drug-likeness (QED) is 0.822. The number of likely N-dealkylation sites (N-methyl/N-ethyl adjacent to an activating group) is 1. The van der Waals surface area contributed by atoms with Gasteiger partial charge in [-0.25, -0.2) is 8.42 Å². The first kappa shape index (κ1) is 18.4. The summed E-state index contributed by atoms with van der Waals surface area (Å²) in [6.45, 7) is 10.8. The van der Waals surface area contributed by atoms with E-state index in [0.29, 0.717) is 11.4 Å². The van der Waals surface area contributed by atoms with E-state index in [1.807, 2.05) is 12.1 Å². The minimum absolute atomic E-state index is 0.0184. The fourth-order valence-corrected chi connectivity index (χ4v) is 3.70. The summed E-state index contributed by atoms with van der Waals surface area (Å²) in [7, 11) is -1.78. The van der Waals surface area contributed by atoms with Crippen LogP contribution in [-0.4, -0.2) is 64.1 Å². The van der Waals surface area contributed by atoms with E-state index < -0.39 is 10.0 Å². The van der Waals surface area contributed by atoms with Crippen molar-refractivity contribution in [3.8, 4) is 0 Å². The lowest BCUT2D eigenvalue weighted by molar-refractivity contribution is 0.0368. The van der Waals surface area contributed by atoms with Crippen molar-refractivity contribution in [2.75, 3.05) is 46.4 Å². The Labute approximate surface area is 140 Å². The molecule has 0 bridgehead atoms. The molecule has 0 aliphatic carbocycles. The highest BCUT2D eigenvalue weighted by molar-refractivity contribution is 7.89. The smallest absolute Gasteiger partial charge is 0.242 e. The summed E-state index contributed by atoms with van der Waals surface area (Å²) < 4.78 is 32.0. The third kappa shape index (κ3) is 4.76. The predicted octanol–water partition coefficient (Wildman–Crippen LogP) is 1.94. The zero-order chi connectivity index (χ0) is 17.1. The van der Waals surface area contributed by atoms with Crippen LogP contribution < -0.4 is 0 Å². The molecule has 2 rings (SSSR count). The number of morpholine rings is 1. The van der Waals surface area contributed by atoms with Gasteiger partial charge in [-0.3, -0.25) is 4.90 Å². The number of hydrogen-bond acceptors (Lipinski definition) is 4. The average Bonchev–Trinajstić information content (AvgIpc) is 2.52. The van der Waals surface area contributed by atoms with Gasteiger partial charge < -0.3 is 4.74 Å². The van der Waals surface area contributed by atoms with Gasteiger partial charge in [0, 0.05) is 33.2 Å². The van der Waals surface area contributed by atoms with Crippen molar-refractivity contribution < 1.29 is 13.2 Å². The lowest BCUT2D eigenvalue weighted by Gasteiger charge is -2.28. The van der Waals surface area contributed by atoms with Crippen molar-refractivity contribution in [1.82, 2.24) is 9.21 Å². The molecule has 0 atom stereocenters. The maximum absolute atomic E-state index is 12.6. The van der Waals surface area contributed by atoms with Crippen LogP contribution in [0.3, 0.4) is 0 Å². The lowest BCUT2D eigenvalue weighted by atomic mass is 9.87. The highest BCUT2D eigenvalue weighted by Crippen LogP contribution is 2.24. The second kappa shape index (κ2) is 7.30. The first-order chi connectivity index (χ1) is 10.7. The molecule has 0 radical (unpaired) electrons. The molecule has 0 unspecified atom stereocenters. The Morgan fingerprint density at radius 1 is 1.13 bits per heavy atom. The normalized spacial score (nSPS) is 17.6. The highest BCUT2D eigenvalue weighted by atomic mass is 32.2. The topological polar surface area (TPSA) is 49.9 Å². The number of hydrogen-bond donors (Lipinski definition) is 0. The second-order valence-corrected chi connectivity index (χ2v) is 9.10. The third-order valence-corrected chi connectivity index (χ3v) is 6.13. The molecule has 1 fully saturated rings. The summed E-state index contributed by atoms with van der Waals surface area (Å²) in [5.41, 5.74) is 1.15. The second-order valence-electron chi connectivity index (χ2n) is 7.05. The number of ether oxygens (including phenoxy) is 1. The SMILES string of the molecule is CN(CCN1CCOCC1)S(=O)(=O)c1ccc(C(C)(C)C)cc1. The van der Waals surface area contributed by atoms with E-state index in [1.165, 1.54) is 4.31 Å². The Balaban J connectivity index is 2.01. The molecule has 1 aliphatic rings. The Hall–Kier alpha value is -0.950. The molecule has 0 amide bonds. The molecular formula is C17H28N2O3S. The van der Waals surface area contributed by atoms with Gasteiger partial charge in [0.2, 0.25) is 10.0 Å². The summed E-state index contributed by atoms with van der Waals surface area (Å²) in [4.78, 5) is 2.59. The molecule has 23 heavy (non-hydrogen) atoms. The van der Waals surface area contributed by atoms with Gasteiger partial charge in [-0.2, -0.15) is 4.31 Å². The maximum Gasteiger partial charge on any atom is 0.242 e. The molecule has 6 heteroatoms. The molecule has 130 valence electrons. The summed E-state index contributed by atoms with van der Waals surface area (Å²) >= 11 is 0. The molecule has 1 saturated heterocycles. The van der Waals surface area contributed by atoms with Gasteiger partial charge in [-0.15, -0.1) is 0 Å². The van der Waals surface area contributed by atoms with Crippen LogP contribution in [0.4, 0.5) is 0 Å². The van der Waals surface area contributed by atoms with Crippen molar-refractivity contribution in [2.24, 2.45) is 0 Å². The Morgan fingerprint density at radius 3 is 2.22 bits per heavy atom. The number of benzene rings is 1. The third-order valence-electron chi connectivity index (χ3n) is 4.26. The number of nitrogens with zero attached hydrogens (tertiary/aromatic N) is 2. The van der Waals surface area contributed by atoms with Crippen molar-refractivity contribution in [1.29, 1.82) is 0 Å². The van der Waals surface area contributed by atoms with Crippen molar-refractivity contribution in [3.63, 3.8) is 0 Å². The van der Waals surface area contributed by atoms with Gasteiger partial charge in [0.05, 0.1) is 18.1 Å². The van der Waals surface area contributed by atoms with Crippen LogP contribution in [0.25, 0.3) is 0 Å². The van der Waals surface area contributed by atoms with Crippen LogP contribution in [0.1, 0.15) is 26.3 Å². The van der Waals surface area contributed by atoms with Gasteiger partial charge in [0.1, 0.15) is 0 Å². The Morgan fingerprint density at radius 2 is 1.70 bits per heavy atom. The van der Waals surface area contributed by atoms with E-state index in [9.17, 15) is 8.42 Å². The van der Waals surface area contributed by atoms with Crippen LogP contribution in [-0.2, 0) is 20.2 Å². The first-order valence-corrected chi connectivity index (χ1v) is 9.52. The molecule has 1 aromatic rings. The van der Waals surface area contributed by atoms with Gasteiger partial charge in [-0.1, -0.05) is 32.9 Å². The number of rotatable bonds is 5. The zero-order valence-electron chi connectivity index (χ0n) is 14.6. The molecule has 1 aromatic carbocycles. The summed E-state index contributed by atoms with van der Waals surface area (Å²) in [6, 6.07) is 7.23. The van der Waals surface area contributed by atoms with Crippen molar-refractivity contribution >= 4 is 10.0 Å². The maximum atomic E-state index is 12.6. The van der Waals surface area contributed by atoms with Gasteiger partial charge in [0.25, 0.3) is 0 Å². The van der Waals surface area contributed by atoms with E-state index >= 15 is 0 Å². The molecule has 0 N–H and O–H groups in total. The molecule has 0 saturated carbocycles. The van der Waals surface area contributed by atoms with Gasteiger partial charge in [-0.05, 0) is 23.1 Å². The molecule has 1 heterocycles. The molecule has 0 aromatic heterocycles. The highest BCUT2D eigenvalue weighted by Gasteiger charge is 2.22. The Bertz CT molecular complexity index is 600. The van der Waals surface area contributed by atoms with E-state index in [1.54, 1.807) is 19.2 Å². The van der Waals surface area contributed by atoms with Crippen molar-refractivity contribution in [2.45, 2.75) is 31.1 Å². The largest absolute Gasteiger partial charge is 0.379 e. The van der Waals surface area contributed by atoms with E-state index in [0.717, 1.165) is 38.4 Å². The molecule has 5 nitrogen and oxygen atoms in total. The predicted molar refractivity (Wildman–Crippen MR) is 92.2 cm³/mol. The summed E-state index contributed by atoms with van der Waals surface area (Å²) in [6.07, 6.45) is 0. The summed E-state index contributed by atoms with van der Waals surface area (Å²) in [5.74, 6) is 0. The fourth-order valence-electron chi connectivity index (χ4n) is 2.53. The van der Waals surface area contributed by atoms with Crippen molar-refractivity contribution in [3.05, 3.63) is 29.8 Å². The Kier molecular flexibility index (Phi) is 5.84. The summed E-state index contributed by atoms with van der Waals surface area (Å²) in [5, 5.41) is 0. The molecule has 0 spiro atoms. The van der Waals surface area contributed by atoms with Crippen LogP contribution in [0.5, 0.6) is 0 Å². The minimum atomic E-state index is -3.43.